The molecule has 1 atom stereocenters. The van der Waals surface area contributed by atoms with Crippen molar-refractivity contribution in [3.05, 3.63) is 33.3 Å². The van der Waals surface area contributed by atoms with E-state index in [-0.39, 0.29) is 11.9 Å². The van der Waals surface area contributed by atoms with Crippen LogP contribution in [0.1, 0.15) is 24.2 Å². The maximum Gasteiger partial charge on any atom is 0.251 e. The molecule has 1 unspecified atom stereocenters. The van der Waals surface area contributed by atoms with Gasteiger partial charge in [0.25, 0.3) is 5.91 Å². The van der Waals surface area contributed by atoms with E-state index in [1.54, 1.807) is 18.2 Å². The zero-order valence-corrected chi connectivity index (χ0v) is 12.1. The first-order valence-electron chi connectivity index (χ1n) is 5.38. The topological polar surface area (TPSA) is 38.3 Å². The lowest BCUT2D eigenvalue weighted by Gasteiger charge is -2.13. The van der Waals surface area contributed by atoms with Crippen molar-refractivity contribution in [2.75, 3.05) is 13.2 Å². The Kier molecular flexibility index (Phi) is 5.95. The van der Waals surface area contributed by atoms with Gasteiger partial charge in [-0.05, 0) is 48.0 Å². The van der Waals surface area contributed by atoms with Crippen molar-refractivity contribution in [2.24, 2.45) is 0 Å². The number of hydrogen-bond donors (Lipinski definition) is 1. The Labute approximate surface area is 115 Å². The van der Waals surface area contributed by atoms with Gasteiger partial charge in [0.2, 0.25) is 0 Å². The van der Waals surface area contributed by atoms with Gasteiger partial charge in [0.05, 0.1) is 11.6 Å². The van der Waals surface area contributed by atoms with Crippen LogP contribution in [0.2, 0.25) is 5.02 Å². The first kappa shape index (κ1) is 14.5. The predicted molar refractivity (Wildman–Crippen MR) is 72.6 cm³/mol. The van der Waals surface area contributed by atoms with E-state index in [1.807, 2.05) is 13.8 Å². The summed E-state index contributed by atoms with van der Waals surface area (Å²) in [5.41, 5.74) is 0.574. The summed E-state index contributed by atoms with van der Waals surface area (Å²) >= 11 is 9.15. The first-order valence-corrected chi connectivity index (χ1v) is 6.55. The molecular weight excluding hydrogens is 305 g/mol. The molecule has 0 saturated heterocycles. The van der Waals surface area contributed by atoms with Crippen LogP contribution in [0.3, 0.4) is 0 Å². The summed E-state index contributed by atoms with van der Waals surface area (Å²) in [7, 11) is 0. The quantitative estimate of drug-likeness (QED) is 0.904. The number of halogens is 2. The minimum absolute atomic E-state index is 0.0168. The molecule has 0 radical (unpaired) electrons. The van der Waals surface area contributed by atoms with Crippen molar-refractivity contribution in [3.8, 4) is 0 Å². The van der Waals surface area contributed by atoms with Crippen molar-refractivity contribution >= 4 is 33.4 Å². The molecule has 1 aromatic carbocycles. The summed E-state index contributed by atoms with van der Waals surface area (Å²) in [6, 6.07) is 5.06. The molecule has 94 valence electrons. The monoisotopic (exact) mass is 319 g/mol. The highest BCUT2D eigenvalue weighted by Gasteiger charge is 2.10. The van der Waals surface area contributed by atoms with Crippen LogP contribution in [0.25, 0.3) is 0 Å². The molecule has 0 aromatic heterocycles. The van der Waals surface area contributed by atoms with Crippen molar-refractivity contribution < 1.29 is 9.53 Å². The lowest BCUT2D eigenvalue weighted by Crippen LogP contribution is -2.35. The number of nitrogens with one attached hydrogen (secondary N) is 1. The van der Waals surface area contributed by atoms with E-state index < -0.39 is 0 Å². The molecule has 0 aliphatic heterocycles. The van der Waals surface area contributed by atoms with E-state index in [1.165, 1.54) is 0 Å². The van der Waals surface area contributed by atoms with Crippen LogP contribution >= 0.6 is 27.5 Å². The van der Waals surface area contributed by atoms with Gasteiger partial charge >= 0.3 is 0 Å². The highest BCUT2D eigenvalue weighted by atomic mass is 79.9. The lowest BCUT2D eigenvalue weighted by atomic mass is 10.2. The highest BCUT2D eigenvalue weighted by molar-refractivity contribution is 9.10. The summed E-state index contributed by atoms with van der Waals surface area (Å²) in [6.45, 7) is 4.98. The second kappa shape index (κ2) is 6.99. The zero-order chi connectivity index (χ0) is 12.8. The van der Waals surface area contributed by atoms with Crippen molar-refractivity contribution in [2.45, 2.75) is 19.9 Å². The molecule has 3 nitrogen and oxygen atoms in total. The van der Waals surface area contributed by atoms with Gasteiger partial charge < -0.3 is 10.1 Å². The standard InChI is InChI=1S/C12H15BrClNO2/c1-3-17-7-8(2)15-12(16)9-4-5-11(14)10(13)6-9/h4-6,8H,3,7H2,1-2H3,(H,15,16). The molecule has 1 aromatic rings. The Balaban J connectivity index is 2.60. The predicted octanol–water partition coefficient (Wildman–Crippen LogP) is 3.26. The van der Waals surface area contributed by atoms with Crippen molar-refractivity contribution in [3.63, 3.8) is 0 Å². The zero-order valence-electron chi connectivity index (χ0n) is 9.80. The molecule has 0 saturated carbocycles. The normalized spacial score (nSPS) is 12.2. The molecule has 1 rings (SSSR count). The Morgan fingerprint density at radius 2 is 2.29 bits per heavy atom. The van der Waals surface area contributed by atoms with Crippen molar-refractivity contribution in [1.82, 2.24) is 5.32 Å². The van der Waals surface area contributed by atoms with Crippen LogP contribution in [0, 0.1) is 0 Å². The van der Waals surface area contributed by atoms with Crippen LogP contribution in [-0.2, 0) is 4.74 Å². The third-order valence-corrected chi connectivity index (χ3v) is 3.35. The second-order valence-electron chi connectivity index (χ2n) is 3.66. The number of carbonyl (C=O) groups is 1. The van der Waals surface area contributed by atoms with Crippen LogP contribution in [-0.4, -0.2) is 25.2 Å². The smallest absolute Gasteiger partial charge is 0.251 e. The number of rotatable bonds is 5. The Morgan fingerprint density at radius 1 is 1.59 bits per heavy atom. The molecule has 1 amide bonds. The Bertz CT molecular complexity index is 398. The fourth-order valence-electron chi connectivity index (χ4n) is 1.28. The van der Waals surface area contributed by atoms with Gasteiger partial charge in [-0.15, -0.1) is 0 Å². The largest absolute Gasteiger partial charge is 0.380 e. The average Bonchev–Trinajstić information content (AvgIpc) is 2.30. The summed E-state index contributed by atoms with van der Waals surface area (Å²) in [5, 5.41) is 3.44. The van der Waals surface area contributed by atoms with E-state index >= 15 is 0 Å². The maximum absolute atomic E-state index is 11.9. The molecule has 0 bridgehead atoms. The fraction of sp³-hybridized carbons (Fsp3) is 0.417. The van der Waals surface area contributed by atoms with Gasteiger partial charge in [-0.25, -0.2) is 0 Å². The van der Waals surface area contributed by atoms with Crippen LogP contribution in [0.15, 0.2) is 22.7 Å². The molecular formula is C12H15BrClNO2. The summed E-state index contributed by atoms with van der Waals surface area (Å²) in [4.78, 5) is 11.9. The third-order valence-electron chi connectivity index (χ3n) is 2.13. The molecule has 17 heavy (non-hydrogen) atoms. The van der Waals surface area contributed by atoms with E-state index in [0.29, 0.717) is 28.3 Å². The van der Waals surface area contributed by atoms with E-state index in [4.69, 9.17) is 16.3 Å². The SMILES string of the molecule is CCOCC(C)NC(=O)c1ccc(Cl)c(Br)c1. The minimum atomic E-state index is -0.130. The van der Waals surface area contributed by atoms with Gasteiger partial charge in [0.15, 0.2) is 0 Å². The van der Waals surface area contributed by atoms with Crippen LogP contribution in [0.5, 0.6) is 0 Å². The number of amides is 1. The number of benzene rings is 1. The van der Waals surface area contributed by atoms with Gasteiger partial charge in [-0.1, -0.05) is 11.6 Å². The summed E-state index contributed by atoms with van der Waals surface area (Å²) in [5.74, 6) is -0.130. The van der Waals surface area contributed by atoms with E-state index in [0.717, 1.165) is 0 Å². The first-order chi connectivity index (χ1) is 8.04. The molecule has 0 fully saturated rings. The van der Waals surface area contributed by atoms with Crippen LogP contribution in [0.4, 0.5) is 0 Å². The third kappa shape index (κ3) is 4.66. The van der Waals surface area contributed by atoms with Crippen molar-refractivity contribution in [1.29, 1.82) is 0 Å². The van der Waals surface area contributed by atoms with Gasteiger partial charge in [0.1, 0.15) is 0 Å². The Morgan fingerprint density at radius 3 is 2.88 bits per heavy atom. The Hall–Kier alpha value is -0.580. The van der Waals surface area contributed by atoms with Crippen LogP contribution < -0.4 is 5.32 Å². The van der Waals surface area contributed by atoms with Gasteiger partial charge in [-0.3, -0.25) is 4.79 Å². The average molecular weight is 321 g/mol. The van der Waals surface area contributed by atoms with Gasteiger partial charge in [-0.2, -0.15) is 0 Å². The lowest BCUT2D eigenvalue weighted by molar-refractivity contribution is 0.0872. The minimum Gasteiger partial charge on any atom is -0.380 e. The number of ether oxygens (including phenoxy) is 1. The fourth-order valence-corrected chi connectivity index (χ4v) is 1.78. The summed E-state index contributed by atoms with van der Waals surface area (Å²) < 4.78 is 5.94. The molecule has 0 aliphatic rings. The molecule has 0 aliphatic carbocycles. The molecule has 0 spiro atoms. The van der Waals surface area contributed by atoms with Gasteiger partial charge in [0, 0.05) is 22.7 Å². The number of hydrogen-bond acceptors (Lipinski definition) is 2. The molecule has 5 heteroatoms. The molecule has 0 heterocycles. The van der Waals surface area contributed by atoms with E-state index in [2.05, 4.69) is 21.2 Å². The highest BCUT2D eigenvalue weighted by Crippen LogP contribution is 2.23. The summed E-state index contributed by atoms with van der Waals surface area (Å²) in [6.07, 6.45) is 0. The number of carbonyl (C=O) groups excluding carboxylic acids is 1. The maximum atomic E-state index is 11.9. The molecule has 1 N–H and O–H groups in total. The van der Waals surface area contributed by atoms with E-state index in [9.17, 15) is 4.79 Å². The second-order valence-corrected chi connectivity index (χ2v) is 4.92.